The van der Waals surface area contributed by atoms with Crippen molar-refractivity contribution in [2.45, 2.75) is 26.0 Å². The van der Waals surface area contributed by atoms with E-state index in [0.29, 0.717) is 5.56 Å². The highest BCUT2D eigenvalue weighted by Gasteiger charge is 2.18. The van der Waals surface area contributed by atoms with Gasteiger partial charge in [-0.25, -0.2) is 4.39 Å². The number of hydrogen-bond donors (Lipinski definition) is 1. The van der Waals surface area contributed by atoms with Crippen LogP contribution in [0.25, 0.3) is 6.08 Å². The Morgan fingerprint density at radius 1 is 1.30 bits per heavy atom. The van der Waals surface area contributed by atoms with Crippen molar-refractivity contribution in [2.24, 2.45) is 0 Å². The van der Waals surface area contributed by atoms with E-state index in [1.807, 2.05) is 19.1 Å². The van der Waals surface area contributed by atoms with Crippen LogP contribution in [0.2, 0.25) is 0 Å². The van der Waals surface area contributed by atoms with Gasteiger partial charge in [-0.1, -0.05) is 30.3 Å². The van der Waals surface area contributed by atoms with Crippen LogP contribution in [-0.4, -0.2) is 31.7 Å². The minimum absolute atomic E-state index is 0.152. The van der Waals surface area contributed by atoms with E-state index in [2.05, 4.69) is 29.3 Å². The van der Waals surface area contributed by atoms with Crippen LogP contribution in [0.15, 0.2) is 54.6 Å². The van der Waals surface area contributed by atoms with Gasteiger partial charge in [0.25, 0.3) is 0 Å². The highest BCUT2D eigenvalue weighted by atomic mass is 19.1. The van der Waals surface area contributed by atoms with Crippen molar-refractivity contribution in [3.05, 3.63) is 71.6 Å². The topological polar surface area (TPSA) is 41.6 Å². The number of anilines is 1. The van der Waals surface area contributed by atoms with Crippen molar-refractivity contribution >= 4 is 17.7 Å². The standard InChI is InChI=1S/C22H25FN2O2/c1-16-15-25(12-13-27-16)20-8-5-7-19(14-20)17(2)24-22(26)11-10-18-6-3-4-9-21(18)23/h3-11,14,16-17H,12-13,15H2,1-2H3,(H,24,26)/t16?,17-/m0/s1. The normalized spacial score (nSPS) is 18.5. The van der Waals surface area contributed by atoms with Crippen molar-refractivity contribution in [3.8, 4) is 0 Å². The largest absolute Gasteiger partial charge is 0.375 e. The number of morpholine rings is 1. The molecule has 142 valence electrons. The molecule has 27 heavy (non-hydrogen) atoms. The molecule has 3 rings (SSSR count). The summed E-state index contributed by atoms with van der Waals surface area (Å²) in [4.78, 5) is 14.5. The van der Waals surface area contributed by atoms with Gasteiger partial charge in [0.1, 0.15) is 5.82 Å². The van der Waals surface area contributed by atoms with Gasteiger partial charge < -0.3 is 15.0 Å². The molecule has 1 aliphatic rings. The molecule has 5 heteroatoms. The summed E-state index contributed by atoms with van der Waals surface area (Å²) in [6.07, 6.45) is 3.06. The highest BCUT2D eigenvalue weighted by molar-refractivity contribution is 5.92. The quantitative estimate of drug-likeness (QED) is 0.813. The Labute approximate surface area is 159 Å². The molecular formula is C22H25FN2O2. The number of carbonyl (C=O) groups excluding carboxylic acids is 1. The molecule has 0 saturated carbocycles. The Balaban J connectivity index is 1.63. The van der Waals surface area contributed by atoms with E-state index in [9.17, 15) is 9.18 Å². The third-order valence-electron chi connectivity index (χ3n) is 4.65. The summed E-state index contributed by atoms with van der Waals surface area (Å²) in [5.41, 5.74) is 2.55. The van der Waals surface area contributed by atoms with E-state index in [4.69, 9.17) is 4.74 Å². The maximum absolute atomic E-state index is 13.6. The van der Waals surface area contributed by atoms with E-state index in [1.165, 1.54) is 18.2 Å². The third kappa shape index (κ3) is 5.17. The smallest absolute Gasteiger partial charge is 0.244 e. The van der Waals surface area contributed by atoms with E-state index < -0.39 is 0 Å². The molecule has 1 amide bonds. The molecule has 0 aliphatic carbocycles. The number of carbonyl (C=O) groups is 1. The summed E-state index contributed by atoms with van der Waals surface area (Å²) in [7, 11) is 0. The molecule has 1 heterocycles. The molecule has 0 radical (unpaired) electrons. The molecule has 2 atom stereocenters. The Bertz CT molecular complexity index is 821. The fraction of sp³-hybridized carbons (Fsp3) is 0.318. The molecule has 2 aromatic rings. The van der Waals surface area contributed by atoms with Crippen LogP contribution in [0, 0.1) is 5.82 Å². The first-order valence-corrected chi connectivity index (χ1v) is 9.22. The molecule has 4 nitrogen and oxygen atoms in total. The minimum Gasteiger partial charge on any atom is -0.375 e. The van der Waals surface area contributed by atoms with Gasteiger partial charge in [-0.2, -0.15) is 0 Å². The predicted molar refractivity (Wildman–Crippen MR) is 106 cm³/mol. The van der Waals surface area contributed by atoms with E-state index in [1.54, 1.807) is 18.2 Å². The number of hydrogen-bond acceptors (Lipinski definition) is 3. The summed E-state index contributed by atoms with van der Waals surface area (Å²) >= 11 is 0. The number of ether oxygens (including phenoxy) is 1. The van der Waals surface area contributed by atoms with E-state index in [0.717, 1.165) is 30.9 Å². The summed E-state index contributed by atoms with van der Waals surface area (Å²) in [6.45, 7) is 6.45. The second-order valence-corrected chi connectivity index (χ2v) is 6.81. The zero-order valence-electron chi connectivity index (χ0n) is 15.7. The lowest BCUT2D eigenvalue weighted by molar-refractivity contribution is -0.117. The Hall–Kier alpha value is -2.66. The second kappa shape index (κ2) is 8.82. The molecule has 1 unspecified atom stereocenters. The minimum atomic E-state index is -0.345. The van der Waals surface area contributed by atoms with E-state index >= 15 is 0 Å². The fourth-order valence-electron chi connectivity index (χ4n) is 3.16. The molecule has 2 aromatic carbocycles. The van der Waals surface area contributed by atoms with Crippen LogP contribution in [0.5, 0.6) is 0 Å². The van der Waals surface area contributed by atoms with Gasteiger partial charge in [0, 0.05) is 30.4 Å². The van der Waals surface area contributed by atoms with Gasteiger partial charge in [0.15, 0.2) is 0 Å². The zero-order chi connectivity index (χ0) is 19.2. The SMILES string of the molecule is CC1CN(c2cccc([C@H](C)NC(=O)C=Cc3ccccc3F)c2)CCO1. The molecule has 1 fully saturated rings. The monoisotopic (exact) mass is 368 g/mol. The Kier molecular flexibility index (Phi) is 6.24. The molecule has 1 N–H and O–H groups in total. The first-order chi connectivity index (χ1) is 13.0. The second-order valence-electron chi connectivity index (χ2n) is 6.81. The highest BCUT2D eigenvalue weighted by Crippen LogP contribution is 2.22. The van der Waals surface area contributed by atoms with Gasteiger partial charge in [0.2, 0.25) is 5.91 Å². The van der Waals surface area contributed by atoms with Gasteiger partial charge in [0.05, 0.1) is 18.8 Å². The number of amides is 1. The predicted octanol–water partition coefficient (Wildman–Crippen LogP) is 3.94. The molecule has 0 aromatic heterocycles. The summed E-state index contributed by atoms with van der Waals surface area (Å²) in [5.74, 6) is -0.599. The molecule has 1 aliphatic heterocycles. The average molecular weight is 368 g/mol. The van der Waals surface area contributed by atoms with Crippen molar-refractivity contribution in [3.63, 3.8) is 0 Å². The number of nitrogens with one attached hydrogen (secondary N) is 1. The van der Waals surface area contributed by atoms with Gasteiger partial charge >= 0.3 is 0 Å². The zero-order valence-corrected chi connectivity index (χ0v) is 15.7. The lowest BCUT2D eigenvalue weighted by Gasteiger charge is -2.33. The summed E-state index contributed by atoms with van der Waals surface area (Å²) < 4.78 is 19.2. The van der Waals surface area contributed by atoms with Crippen LogP contribution in [0.3, 0.4) is 0 Å². The third-order valence-corrected chi connectivity index (χ3v) is 4.65. The van der Waals surface area contributed by atoms with Crippen molar-refractivity contribution in [1.29, 1.82) is 0 Å². The number of nitrogens with zero attached hydrogens (tertiary/aromatic N) is 1. The van der Waals surface area contributed by atoms with Crippen molar-refractivity contribution < 1.29 is 13.9 Å². The van der Waals surface area contributed by atoms with Crippen LogP contribution in [0.4, 0.5) is 10.1 Å². The number of benzene rings is 2. The van der Waals surface area contributed by atoms with Crippen LogP contribution >= 0.6 is 0 Å². The van der Waals surface area contributed by atoms with Crippen LogP contribution in [-0.2, 0) is 9.53 Å². The molecule has 0 bridgehead atoms. The Morgan fingerprint density at radius 2 is 2.11 bits per heavy atom. The fourth-order valence-corrected chi connectivity index (χ4v) is 3.16. The first kappa shape index (κ1) is 19.1. The summed E-state index contributed by atoms with van der Waals surface area (Å²) in [5, 5.41) is 2.93. The van der Waals surface area contributed by atoms with Gasteiger partial charge in [-0.15, -0.1) is 0 Å². The van der Waals surface area contributed by atoms with Gasteiger partial charge in [-0.3, -0.25) is 4.79 Å². The number of rotatable bonds is 5. The maximum Gasteiger partial charge on any atom is 0.244 e. The lowest BCUT2D eigenvalue weighted by Crippen LogP contribution is -2.41. The lowest BCUT2D eigenvalue weighted by atomic mass is 10.1. The molecule has 1 saturated heterocycles. The maximum atomic E-state index is 13.6. The van der Waals surface area contributed by atoms with Crippen LogP contribution < -0.4 is 10.2 Å². The van der Waals surface area contributed by atoms with Crippen molar-refractivity contribution in [1.82, 2.24) is 5.32 Å². The van der Waals surface area contributed by atoms with E-state index in [-0.39, 0.29) is 23.9 Å². The molecule has 0 spiro atoms. The Morgan fingerprint density at radius 3 is 2.89 bits per heavy atom. The van der Waals surface area contributed by atoms with Gasteiger partial charge in [-0.05, 0) is 43.7 Å². The summed E-state index contributed by atoms with van der Waals surface area (Å²) in [6, 6.07) is 14.4. The number of halogens is 1. The first-order valence-electron chi connectivity index (χ1n) is 9.22. The van der Waals surface area contributed by atoms with Crippen LogP contribution in [0.1, 0.15) is 31.0 Å². The molecular weight excluding hydrogens is 343 g/mol. The average Bonchev–Trinajstić information content (AvgIpc) is 2.67. The van der Waals surface area contributed by atoms with Crippen molar-refractivity contribution in [2.75, 3.05) is 24.6 Å².